The summed E-state index contributed by atoms with van der Waals surface area (Å²) < 4.78 is 37.7. The molecule has 0 aliphatic carbocycles. The van der Waals surface area contributed by atoms with E-state index in [0.717, 1.165) is 18.0 Å². The van der Waals surface area contributed by atoms with Crippen LogP contribution < -0.4 is 14.8 Å². The van der Waals surface area contributed by atoms with E-state index in [1.807, 2.05) is 13.8 Å². The van der Waals surface area contributed by atoms with Crippen molar-refractivity contribution < 1.29 is 18.3 Å². The van der Waals surface area contributed by atoms with E-state index >= 15 is 4.39 Å². The number of rotatable bonds is 8. The highest BCUT2D eigenvalue weighted by Gasteiger charge is 2.26. The number of nitrogens with zero attached hydrogens (tertiary/aromatic N) is 3. The van der Waals surface area contributed by atoms with Gasteiger partial charge in [-0.3, -0.25) is 4.79 Å². The lowest BCUT2D eigenvalue weighted by atomic mass is 10.0. The third-order valence-corrected chi connectivity index (χ3v) is 5.45. The smallest absolute Gasteiger partial charge is 0.212 e. The van der Waals surface area contributed by atoms with Gasteiger partial charge in [0.15, 0.2) is 5.82 Å². The molecule has 0 spiro atoms. The van der Waals surface area contributed by atoms with E-state index in [0.29, 0.717) is 27.6 Å². The standard InChI is InChI=1S/C22H20F2N6O2S/c1-11(2)29-22-17-13(9-26-21(17)27-10-28-22)20(31)18-14(23)5-6-15(19(18)24)30-33-12-4-7-16(32-3)25-8-12/h4-11,30H,1-3H3,(H2,26,27,28,29). The number of ether oxygens (including phenoxy) is 1. The fraction of sp³-hybridized carbons (Fsp3) is 0.182. The van der Waals surface area contributed by atoms with Crippen LogP contribution in [0.25, 0.3) is 11.0 Å². The maximum absolute atomic E-state index is 15.3. The molecule has 3 aromatic heterocycles. The fourth-order valence-electron chi connectivity index (χ4n) is 3.16. The second-order valence-corrected chi connectivity index (χ2v) is 8.18. The molecule has 4 rings (SSSR count). The molecule has 0 unspecified atom stereocenters. The van der Waals surface area contributed by atoms with Crippen molar-refractivity contribution >= 4 is 40.3 Å². The molecule has 0 fully saturated rings. The van der Waals surface area contributed by atoms with Crippen LogP contribution in [0.4, 0.5) is 20.3 Å². The van der Waals surface area contributed by atoms with E-state index in [-0.39, 0.29) is 17.3 Å². The summed E-state index contributed by atoms with van der Waals surface area (Å²) >= 11 is 1.06. The van der Waals surface area contributed by atoms with E-state index < -0.39 is 23.0 Å². The number of ketones is 1. The quantitative estimate of drug-likeness (QED) is 0.249. The molecule has 3 N–H and O–H groups in total. The van der Waals surface area contributed by atoms with Crippen molar-refractivity contribution in [2.45, 2.75) is 24.8 Å². The van der Waals surface area contributed by atoms with Gasteiger partial charge in [-0.15, -0.1) is 0 Å². The van der Waals surface area contributed by atoms with E-state index in [2.05, 4.69) is 30.0 Å². The van der Waals surface area contributed by atoms with Crippen molar-refractivity contribution in [1.82, 2.24) is 19.9 Å². The lowest BCUT2D eigenvalue weighted by Crippen LogP contribution is -2.13. The van der Waals surface area contributed by atoms with Crippen LogP contribution in [0.2, 0.25) is 0 Å². The minimum atomic E-state index is -1.00. The topological polar surface area (TPSA) is 105 Å². The van der Waals surface area contributed by atoms with Crippen LogP contribution in [0, 0.1) is 11.6 Å². The number of hydrogen-bond acceptors (Lipinski definition) is 8. The molecule has 3 heterocycles. The van der Waals surface area contributed by atoms with Gasteiger partial charge >= 0.3 is 0 Å². The van der Waals surface area contributed by atoms with Crippen LogP contribution in [-0.2, 0) is 0 Å². The molecule has 0 saturated carbocycles. The monoisotopic (exact) mass is 470 g/mol. The Morgan fingerprint density at radius 3 is 2.67 bits per heavy atom. The van der Waals surface area contributed by atoms with Crippen LogP contribution in [-0.4, -0.2) is 38.9 Å². The molecule has 0 saturated heterocycles. The Morgan fingerprint density at radius 1 is 1.15 bits per heavy atom. The highest BCUT2D eigenvalue weighted by Crippen LogP contribution is 2.31. The maximum Gasteiger partial charge on any atom is 0.212 e. The zero-order chi connectivity index (χ0) is 23.5. The average molecular weight is 471 g/mol. The Labute approximate surface area is 192 Å². The average Bonchev–Trinajstić information content (AvgIpc) is 3.24. The molecule has 1 aromatic carbocycles. The molecule has 0 atom stereocenters. The molecule has 33 heavy (non-hydrogen) atoms. The second-order valence-electron chi connectivity index (χ2n) is 7.30. The number of aromatic nitrogens is 4. The van der Waals surface area contributed by atoms with Crippen LogP contribution in [0.5, 0.6) is 5.88 Å². The summed E-state index contributed by atoms with van der Waals surface area (Å²) in [6.07, 6.45) is 4.26. The van der Waals surface area contributed by atoms with Crippen LogP contribution >= 0.6 is 11.9 Å². The predicted octanol–water partition coefficient (Wildman–Crippen LogP) is 4.81. The minimum Gasteiger partial charge on any atom is -0.481 e. The summed E-state index contributed by atoms with van der Waals surface area (Å²) in [5, 5.41) is 3.49. The number of nitrogens with one attached hydrogen (secondary N) is 3. The lowest BCUT2D eigenvalue weighted by molar-refractivity contribution is 0.103. The number of fused-ring (bicyclic) bond motifs is 1. The van der Waals surface area contributed by atoms with Crippen molar-refractivity contribution in [3.8, 4) is 5.88 Å². The van der Waals surface area contributed by atoms with E-state index in [1.54, 1.807) is 18.3 Å². The van der Waals surface area contributed by atoms with Gasteiger partial charge in [-0.05, 0) is 44.0 Å². The van der Waals surface area contributed by atoms with E-state index in [9.17, 15) is 9.18 Å². The van der Waals surface area contributed by atoms with E-state index in [4.69, 9.17) is 4.74 Å². The van der Waals surface area contributed by atoms with Gasteiger partial charge in [-0.25, -0.2) is 23.7 Å². The first kappa shape index (κ1) is 22.5. The molecule has 0 bridgehead atoms. The summed E-state index contributed by atoms with van der Waals surface area (Å²) in [5.74, 6) is -1.95. The number of aromatic amines is 1. The number of halogens is 2. The zero-order valence-electron chi connectivity index (χ0n) is 17.9. The number of hydrogen-bond donors (Lipinski definition) is 3. The molecule has 0 radical (unpaired) electrons. The number of carbonyl (C=O) groups is 1. The summed E-state index contributed by atoms with van der Waals surface area (Å²) in [4.78, 5) is 29.2. The van der Waals surface area contributed by atoms with Crippen LogP contribution in [0.1, 0.15) is 29.8 Å². The SMILES string of the molecule is COc1ccc(SNc2ccc(F)c(C(=O)c3c[nH]c4ncnc(NC(C)C)c34)c2F)cn1. The Hall–Kier alpha value is -3.73. The van der Waals surface area contributed by atoms with Crippen molar-refractivity contribution in [3.63, 3.8) is 0 Å². The summed E-state index contributed by atoms with van der Waals surface area (Å²) in [6.45, 7) is 3.82. The molecular formula is C22H20F2N6O2S. The van der Waals surface area contributed by atoms with Gasteiger partial charge in [0.25, 0.3) is 0 Å². The highest BCUT2D eigenvalue weighted by atomic mass is 32.2. The van der Waals surface area contributed by atoms with Gasteiger partial charge in [0.05, 0.1) is 29.3 Å². The number of carbonyl (C=O) groups excluding carboxylic acids is 1. The fourth-order valence-corrected chi connectivity index (χ4v) is 3.79. The van der Waals surface area contributed by atoms with Gasteiger partial charge in [-0.1, -0.05) is 0 Å². The third kappa shape index (κ3) is 4.58. The molecule has 8 nitrogen and oxygen atoms in total. The number of benzene rings is 1. The maximum atomic E-state index is 15.3. The van der Waals surface area contributed by atoms with Crippen molar-refractivity contribution in [2.75, 3.05) is 17.1 Å². The van der Waals surface area contributed by atoms with Crippen molar-refractivity contribution in [3.05, 3.63) is 65.7 Å². The van der Waals surface area contributed by atoms with Gasteiger partial charge in [0, 0.05) is 29.4 Å². The molecule has 0 aliphatic rings. The Kier molecular flexibility index (Phi) is 6.40. The molecule has 0 amide bonds. The lowest BCUT2D eigenvalue weighted by Gasteiger charge is -2.12. The van der Waals surface area contributed by atoms with Crippen molar-refractivity contribution in [2.24, 2.45) is 0 Å². The number of pyridine rings is 1. The van der Waals surface area contributed by atoms with Gasteiger partial charge < -0.3 is 19.8 Å². The van der Waals surface area contributed by atoms with Crippen LogP contribution in [0.3, 0.4) is 0 Å². The molecule has 4 aromatic rings. The van der Waals surface area contributed by atoms with Gasteiger partial charge in [-0.2, -0.15) is 0 Å². The minimum absolute atomic E-state index is 0.0198. The predicted molar refractivity (Wildman–Crippen MR) is 123 cm³/mol. The third-order valence-electron chi connectivity index (χ3n) is 4.66. The van der Waals surface area contributed by atoms with E-state index in [1.165, 1.54) is 25.7 Å². The highest BCUT2D eigenvalue weighted by molar-refractivity contribution is 8.00. The Bertz CT molecular complexity index is 1310. The molecule has 170 valence electrons. The zero-order valence-corrected chi connectivity index (χ0v) is 18.8. The van der Waals surface area contributed by atoms with Gasteiger partial charge in [0.2, 0.25) is 11.7 Å². The number of anilines is 2. The summed E-state index contributed by atoms with van der Waals surface area (Å²) in [6, 6.07) is 5.68. The largest absolute Gasteiger partial charge is 0.481 e. The summed E-state index contributed by atoms with van der Waals surface area (Å²) in [7, 11) is 1.50. The number of H-pyrrole nitrogens is 1. The normalized spacial score (nSPS) is 11.1. The molecular weight excluding hydrogens is 450 g/mol. The van der Waals surface area contributed by atoms with Gasteiger partial charge in [0.1, 0.15) is 23.6 Å². The molecule has 11 heteroatoms. The van der Waals surface area contributed by atoms with Crippen LogP contribution in [0.15, 0.2) is 47.9 Å². The number of methoxy groups -OCH3 is 1. The Morgan fingerprint density at radius 2 is 1.97 bits per heavy atom. The molecule has 0 aliphatic heterocycles. The first-order valence-corrected chi connectivity index (χ1v) is 10.7. The Balaban J connectivity index is 1.67. The van der Waals surface area contributed by atoms with Crippen molar-refractivity contribution in [1.29, 1.82) is 0 Å². The summed E-state index contributed by atoms with van der Waals surface area (Å²) in [5.41, 5.74) is -0.268. The first-order valence-electron chi connectivity index (χ1n) is 9.93. The first-order chi connectivity index (χ1) is 15.9. The second kappa shape index (κ2) is 9.41.